The molecule has 3 fully saturated rings. The maximum atomic E-state index is 5.37. The fourth-order valence-electron chi connectivity index (χ4n) is 14.6. The molecule has 24 aromatic rings. The van der Waals surface area contributed by atoms with Crippen molar-refractivity contribution in [2.45, 2.75) is 163 Å². The van der Waals surface area contributed by atoms with E-state index in [9.17, 15) is 0 Å². The number of imidazole rings is 2. The molecule has 24 aromatic heterocycles. The quantitative estimate of drug-likeness (QED) is 0.0672. The molecule has 0 unspecified atom stereocenters. The number of aromatic nitrogens is 45. The summed E-state index contributed by atoms with van der Waals surface area (Å²) in [6.07, 6.45) is 70.1. The average Bonchev–Trinajstić information content (AvgIpc) is 1.79. The Kier molecular flexibility index (Phi) is 36.0. The molecule has 3 aliphatic rings. The minimum atomic E-state index is 0.525. The molecule has 149 heavy (non-hydrogen) atoms. The van der Waals surface area contributed by atoms with Gasteiger partial charge in [0.15, 0.2) is 20.6 Å². The van der Waals surface area contributed by atoms with Crippen molar-refractivity contribution in [2.24, 2.45) is 21.1 Å². The first-order chi connectivity index (χ1) is 73.6. The van der Waals surface area contributed by atoms with E-state index in [1.165, 1.54) is 166 Å². The number of rotatable bonds is 18. The molecule has 27 rings (SSSR count). The second kappa shape index (κ2) is 52.6. The van der Waals surface area contributed by atoms with Crippen molar-refractivity contribution in [2.75, 3.05) is 13.2 Å². The van der Waals surface area contributed by atoms with Gasteiger partial charge in [-0.05, 0) is 179 Å². The lowest BCUT2D eigenvalue weighted by atomic mass is 10.0. The lowest BCUT2D eigenvalue weighted by Gasteiger charge is -2.21. The van der Waals surface area contributed by atoms with Crippen molar-refractivity contribution in [3.05, 3.63) is 261 Å². The number of pyridine rings is 9. The minimum Gasteiger partial charge on any atom is -0.381 e. The first-order valence-electron chi connectivity index (χ1n) is 45.8. The Hall–Kier alpha value is -15.6. The maximum Gasteiger partial charge on any atom is 0.237 e. The van der Waals surface area contributed by atoms with E-state index in [0.29, 0.717) is 20.7 Å². The van der Waals surface area contributed by atoms with Crippen LogP contribution in [0.5, 0.6) is 0 Å². The minimum absolute atomic E-state index is 0.525. The van der Waals surface area contributed by atoms with Crippen LogP contribution >= 0.6 is 106 Å². The zero-order valence-corrected chi connectivity index (χ0v) is 86.4. The molecule has 3 N–H and O–H groups in total. The second-order valence-corrected chi connectivity index (χ2v) is 41.2. The fourth-order valence-corrected chi connectivity index (χ4v) is 23.1. The number of hydrogen-bond donors (Lipinski definition) is 3. The molecular weight excluding hydrogens is 2060 g/mol. The van der Waals surface area contributed by atoms with Gasteiger partial charge in [0.1, 0.15) is 115 Å². The van der Waals surface area contributed by atoms with Gasteiger partial charge in [-0.3, -0.25) is 50.0 Å². The molecule has 1 aliphatic heterocycles. The van der Waals surface area contributed by atoms with Crippen LogP contribution in [-0.4, -0.2) is 254 Å². The van der Waals surface area contributed by atoms with Crippen LogP contribution in [-0.2, 0) is 25.9 Å². The number of nitrogens with one attached hydrogen (secondary N) is 3. The van der Waals surface area contributed by atoms with Gasteiger partial charge in [-0.15, -0.1) is 60.8 Å². The summed E-state index contributed by atoms with van der Waals surface area (Å²) in [5.41, 5.74) is 7.73. The third-order valence-electron chi connectivity index (χ3n) is 21.8. The molecule has 0 aromatic carbocycles. The summed E-state index contributed by atoms with van der Waals surface area (Å²) in [6.45, 7) is 1.73. The standard InChI is InChI=1S/C13H15N3S.C12H13N3OS.C12H13N3S.C11H9N5S.C10H8N6S.C10H7N5S.C9H7N7S.C9H6N6S.C8H5N7S/c1-2-4-10(5-3-1)17-13-11-6-7-14-8-12(11)15-9-16-13;1-4-13-7-11-10(1)12(15-8-14-11)17-9-2-5-16-6-3-9;1-2-4-9(3-1)16-12-10-5-6-13-7-11(10)14-8-15-12;1-16-5-4-13-11(16)17-10-8-2-3-12-6-9(8)14-7-15-10;1-16-6-14-15-10(16)17-9-7-2-3-11-4-8(7)12-5-13-9;1-2-11-5-8-7(1)9(15-6-14-8)16-10-12-3-4-13-10;1-16-9(13-14-15-16)17-8-6-2-3-10-4-7(6)11-5-12-8;1-2-10-3-7-6(1)8(12-4-11-7)16-9-13-5-14-15-9;1-2-9-3-6-5(1)7(11-4-10-6)16-8-12-14-15-13-8/h6-10H,1-5H2;1,4,7-9H,2-3,5-6H2;5-9H,1-4H2;2-7H,1H3;2-6H,1H3;1-6H,(H,12,13);2-5H,1H3;1-5H,(H,13,14,15);1-4H,(H,12,13,14,15). The number of aryl methyl sites for hydroxylation is 3. The number of H-pyrrole nitrogens is 3. The third kappa shape index (κ3) is 28.0. The van der Waals surface area contributed by atoms with Crippen molar-refractivity contribution in [3.8, 4) is 0 Å². The topological polar surface area (TPSA) is 574 Å². The van der Waals surface area contributed by atoms with Crippen LogP contribution in [0.3, 0.4) is 0 Å². The number of aromatic amines is 3. The first kappa shape index (κ1) is 102. The van der Waals surface area contributed by atoms with Crippen molar-refractivity contribution in [1.29, 1.82) is 0 Å². The van der Waals surface area contributed by atoms with Crippen molar-refractivity contribution < 1.29 is 4.74 Å². The Morgan fingerprint density at radius 2 is 0.651 bits per heavy atom. The van der Waals surface area contributed by atoms with Crippen molar-refractivity contribution in [3.63, 3.8) is 0 Å². The summed E-state index contributed by atoms with van der Waals surface area (Å²) in [6, 6.07) is 17.3. The van der Waals surface area contributed by atoms with Crippen LogP contribution in [0.4, 0.5) is 0 Å². The Bertz CT molecular complexity index is 7730. The van der Waals surface area contributed by atoms with Gasteiger partial charge in [0.05, 0.1) is 105 Å². The van der Waals surface area contributed by atoms with Crippen LogP contribution in [0.15, 0.2) is 337 Å². The number of hydrogen-bond acceptors (Lipinski definition) is 49. The van der Waals surface area contributed by atoms with Crippen molar-refractivity contribution in [1.82, 2.24) is 225 Å². The van der Waals surface area contributed by atoms with Crippen LogP contribution in [0.2, 0.25) is 0 Å². The summed E-state index contributed by atoms with van der Waals surface area (Å²) in [5.74, 6) is 0. The molecule has 25 heterocycles. The predicted octanol–water partition coefficient (Wildman–Crippen LogP) is 16.6. The van der Waals surface area contributed by atoms with Gasteiger partial charge in [0.25, 0.3) is 0 Å². The van der Waals surface area contributed by atoms with E-state index < -0.39 is 0 Å². The Morgan fingerprint density at radius 3 is 0.980 bits per heavy atom. The van der Waals surface area contributed by atoms with Crippen LogP contribution < -0.4 is 0 Å². The van der Waals surface area contributed by atoms with Crippen molar-refractivity contribution >= 4 is 204 Å². The molecule has 0 amide bonds. The molecule has 0 radical (unpaired) electrons. The van der Waals surface area contributed by atoms with E-state index in [-0.39, 0.29) is 0 Å². The van der Waals surface area contributed by atoms with E-state index in [1.54, 1.807) is 155 Å². The third-order valence-corrected chi connectivity index (χ3v) is 31.8. The maximum absolute atomic E-state index is 5.37. The monoisotopic (exact) mass is 2150 g/mol. The molecule has 0 atom stereocenters. The van der Waals surface area contributed by atoms with E-state index in [2.05, 4.69) is 211 Å². The number of tetrazole rings is 2. The molecule has 55 heteroatoms. The normalized spacial score (nSPS) is 13.0. The Balaban J connectivity index is 0.000000105. The van der Waals surface area contributed by atoms with Gasteiger partial charge in [-0.25, -0.2) is 109 Å². The highest BCUT2D eigenvalue weighted by Crippen LogP contribution is 2.40. The number of thioether (sulfide) groups is 3. The van der Waals surface area contributed by atoms with Gasteiger partial charge in [-0.2, -0.15) is 10.3 Å². The highest BCUT2D eigenvalue weighted by Gasteiger charge is 2.23. The van der Waals surface area contributed by atoms with Crippen LogP contribution in [0.1, 0.15) is 70.6 Å². The van der Waals surface area contributed by atoms with E-state index in [4.69, 9.17) is 4.74 Å². The zero-order chi connectivity index (χ0) is 101. The van der Waals surface area contributed by atoms with Gasteiger partial charge in [0.2, 0.25) is 10.3 Å². The largest absolute Gasteiger partial charge is 0.381 e. The fraction of sp³-hybridized carbons (Fsp3) is 0.202. The Labute approximate surface area is 884 Å². The number of fused-ring (bicyclic) bond motifs is 9. The van der Waals surface area contributed by atoms with E-state index in [1.807, 2.05) is 138 Å². The first-order valence-corrected chi connectivity index (χ1v) is 53.4. The summed E-state index contributed by atoms with van der Waals surface area (Å²) in [4.78, 5) is 128. The number of nitrogens with zero attached hydrogens (tertiary/aromatic N) is 42. The predicted molar refractivity (Wildman–Crippen MR) is 563 cm³/mol. The summed E-state index contributed by atoms with van der Waals surface area (Å²) >= 11 is 14.3. The average molecular weight is 2150 g/mol. The summed E-state index contributed by atoms with van der Waals surface area (Å²) in [5, 5.41) is 63.3. The molecular formula is C94H83N45OS9. The molecule has 1 saturated heterocycles. The summed E-state index contributed by atoms with van der Waals surface area (Å²) < 4.78 is 10.8. The van der Waals surface area contributed by atoms with E-state index in [0.717, 1.165) is 195 Å². The van der Waals surface area contributed by atoms with Crippen LogP contribution in [0.25, 0.3) is 98.1 Å². The number of ether oxygens (including phenoxy) is 1. The molecule has 2 aliphatic carbocycles. The van der Waals surface area contributed by atoms with Gasteiger partial charge in [0, 0.05) is 179 Å². The zero-order valence-electron chi connectivity index (χ0n) is 79.0. The molecule has 46 nitrogen and oxygen atoms in total. The molecule has 2 saturated carbocycles. The van der Waals surface area contributed by atoms with Crippen LogP contribution in [0, 0.1) is 0 Å². The molecule has 744 valence electrons. The molecule has 0 bridgehead atoms. The Morgan fingerprint density at radius 1 is 0.302 bits per heavy atom. The van der Waals surface area contributed by atoms with Gasteiger partial charge in [-0.1, -0.05) is 32.1 Å². The van der Waals surface area contributed by atoms with Gasteiger partial charge < -0.3 is 18.9 Å². The molecule has 0 spiro atoms. The van der Waals surface area contributed by atoms with Gasteiger partial charge >= 0.3 is 0 Å². The second-order valence-electron chi connectivity index (χ2n) is 31.6. The smallest absolute Gasteiger partial charge is 0.237 e. The highest BCUT2D eigenvalue weighted by molar-refractivity contribution is 8.01. The highest BCUT2D eigenvalue weighted by atomic mass is 32.2. The SMILES string of the molecule is Cn1ccnc1Sc1ncnc2cnccc12.Cn1cnnc1Sc1ncnc2cnccc12.Cn1nnnc1Sc1ncnc2cnccc12.c1cc2c(SC3CCCC3)ncnc2cn1.c1cc2c(SC3CCCCC3)ncnc2cn1.c1cc2c(SC3CCOCC3)ncnc2cn1.c1cc2c(Sc3ncc[nH]3)ncnc2cn1.c1cc2c(Sc3ncn[nH]3)ncnc2cn1.c1cc2c(Sc3nn[nH]n3)ncnc2cn1. The van der Waals surface area contributed by atoms with E-state index >= 15 is 0 Å². The lowest BCUT2D eigenvalue weighted by Crippen LogP contribution is -2.17. The summed E-state index contributed by atoms with van der Waals surface area (Å²) in [7, 11) is 5.64. The lowest BCUT2D eigenvalue weighted by molar-refractivity contribution is 0.1000.